The normalized spacial score (nSPS) is 23.9. The first-order chi connectivity index (χ1) is 17.5. The number of benzene rings is 2. The Hall–Kier alpha value is -3.08. The molecule has 5 nitrogen and oxygen atoms in total. The van der Waals surface area contributed by atoms with E-state index in [1.807, 2.05) is 0 Å². The maximum atomic E-state index is 14.8. The molecule has 0 unspecified atom stereocenters. The Bertz CT molecular complexity index is 1210. The van der Waals surface area contributed by atoms with Crippen LogP contribution in [0.2, 0.25) is 0 Å². The average Bonchev–Trinajstić information content (AvgIpc) is 3.60. The molecule has 5 rings (SSSR count). The molecule has 0 radical (unpaired) electrons. The van der Waals surface area contributed by atoms with Crippen molar-refractivity contribution in [1.29, 1.82) is 0 Å². The lowest BCUT2D eigenvalue weighted by Gasteiger charge is -2.34. The van der Waals surface area contributed by atoms with Gasteiger partial charge < -0.3 is 15.0 Å². The SMILES string of the molecule is O=C(N[C@@H](c1ccc(C(F)(F)F)cc1F)C1CC1)[C@H]1C[C@H](F)CN1C(=O)c1cccc(C2(F)COC2)c1. The second-order valence-electron chi connectivity index (χ2n) is 9.90. The van der Waals surface area contributed by atoms with Crippen molar-refractivity contribution in [3.05, 3.63) is 70.5 Å². The van der Waals surface area contributed by atoms with Gasteiger partial charge in [-0.2, -0.15) is 13.2 Å². The van der Waals surface area contributed by atoms with E-state index in [1.54, 1.807) is 0 Å². The molecule has 1 aliphatic carbocycles. The number of hydrogen-bond acceptors (Lipinski definition) is 3. The molecule has 198 valence electrons. The van der Waals surface area contributed by atoms with Gasteiger partial charge in [-0.1, -0.05) is 18.2 Å². The number of alkyl halides is 5. The highest BCUT2D eigenvalue weighted by molar-refractivity contribution is 5.98. The Morgan fingerprint density at radius 3 is 2.43 bits per heavy atom. The summed E-state index contributed by atoms with van der Waals surface area (Å²) < 4.78 is 87.7. The lowest BCUT2D eigenvalue weighted by molar-refractivity contribution is -0.137. The maximum absolute atomic E-state index is 14.8. The fourth-order valence-electron chi connectivity index (χ4n) is 4.89. The molecular weight excluding hydrogens is 502 g/mol. The lowest BCUT2D eigenvalue weighted by Crippen LogP contribution is -2.47. The highest BCUT2D eigenvalue weighted by Gasteiger charge is 2.44. The second kappa shape index (κ2) is 9.34. The number of nitrogens with zero attached hydrogens (tertiary/aromatic N) is 1. The Balaban J connectivity index is 1.35. The van der Waals surface area contributed by atoms with Gasteiger partial charge >= 0.3 is 6.18 Å². The van der Waals surface area contributed by atoms with E-state index >= 15 is 0 Å². The second-order valence-corrected chi connectivity index (χ2v) is 9.90. The number of nitrogens with one attached hydrogen (secondary N) is 1. The zero-order chi connectivity index (χ0) is 26.5. The molecule has 0 bridgehead atoms. The summed E-state index contributed by atoms with van der Waals surface area (Å²) in [7, 11) is 0. The topological polar surface area (TPSA) is 58.6 Å². The minimum Gasteiger partial charge on any atom is -0.374 e. The van der Waals surface area contributed by atoms with Crippen LogP contribution in [0.3, 0.4) is 0 Å². The summed E-state index contributed by atoms with van der Waals surface area (Å²) in [6.07, 6.45) is -5.23. The molecule has 3 atom stereocenters. The molecule has 2 aromatic rings. The zero-order valence-electron chi connectivity index (χ0n) is 19.5. The summed E-state index contributed by atoms with van der Waals surface area (Å²) in [5.74, 6) is -2.68. The van der Waals surface area contributed by atoms with E-state index in [2.05, 4.69) is 5.32 Å². The van der Waals surface area contributed by atoms with Gasteiger partial charge in [-0.15, -0.1) is 0 Å². The predicted molar refractivity (Wildman–Crippen MR) is 119 cm³/mol. The van der Waals surface area contributed by atoms with Crippen molar-refractivity contribution in [2.45, 2.75) is 49.4 Å². The van der Waals surface area contributed by atoms with Crippen LogP contribution in [0.15, 0.2) is 42.5 Å². The van der Waals surface area contributed by atoms with Crippen LogP contribution in [0, 0.1) is 11.7 Å². The van der Waals surface area contributed by atoms with Gasteiger partial charge in [0.05, 0.1) is 31.4 Å². The van der Waals surface area contributed by atoms with Gasteiger partial charge in [0.2, 0.25) is 5.91 Å². The molecule has 0 spiro atoms. The molecule has 2 aliphatic heterocycles. The van der Waals surface area contributed by atoms with Gasteiger partial charge in [0.25, 0.3) is 5.91 Å². The van der Waals surface area contributed by atoms with Crippen molar-refractivity contribution in [2.24, 2.45) is 5.92 Å². The molecular formula is C26H24F6N2O3. The first-order valence-electron chi connectivity index (χ1n) is 12.0. The number of halogens is 6. The van der Waals surface area contributed by atoms with Crippen molar-refractivity contribution in [2.75, 3.05) is 19.8 Å². The van der Waals surface area contributed by atoms with Crippen molar-refractivity contribution < 1.29 is 40.7 Å². The summed E-state index contributed by atoms with van der Waals surface area (Å²) in [6.45, 7) is -0.641. The molecule has 11 heteroatoms. The molecule has 1 N–H and O–H groups in total. The standard InChI is InChI=1S/C26H24F6N2O3/c27-18-10-21(34(11-18)24(36)15-2-1-3-16(8-15)25(29)12-37-13-25)23(35)33-22(14-4-5-14)19-7-6-17(9-20(19)28)26(30,31)32/h1-3,6-9,14,18,21-22H,4-5,10-13H2,(H,33,35)/t18-,21+,22+/m0/s1. The van der Waals surface area contributed by atoms with Gasteiger partial charge in [-0.25, -0.2) is 13.2 Å². The summed E-state index contributed by atoms with van der Waals surface area (Å²) in [4.78, 5) is 27.5. The molecule has 2 saturated heterocycles. The van der Waals surface area contributed by atoms with Crippen LogP contribution >= 0.6 is 0 Å². The molecule has 3 fully saturated rings. The first kappa shape index (κ1) is 25.6. The Kier molecular flexibility index (Phi) is 6.45. The van der Waals surface area contributed by atoms with Gasteiger partial charge in [0.15, 0.2) is 5.67 Å². The van der Waals surface area contributed by atoms with Gasteiger partial charge in [0.1, 0.15) is 18.0 Å². The smallest absolute Gasteiger partial charge is 0.374 e. The van der Waals surface area contributed by atoms with Crippen molar-refractivity contribution >= 4 is 11.8 Å². The van der Waals surface area contributed by atoms with Crippen LogP contribution in [-0.4, -0.2) is 48.7 Å². The van der Waals surface area contributed by atoms with Crippen LogP contribution in [-0.2, 0) is 21.4 Å². The van der Waals surface area contributed by atoms with E-state index in [0.717, 1.165) is 17.0 Å². The number of likely N-dealkylation sites (tertiary alicyclic amines) is 1. The third kappa shape index (κ3) is 5.05. The minimum atomic E-state index is -4.72. The summed E-state index contributed by atoms with van der Waals surface area (Å²) in [5, 5.41) is 2.65. The van der Waals surface area contributed by atoms with Crippen molar-refractivity contribution in [3.8, 4) is 0 Å². The number of rotatable bonds is 6. The lowest BCUT2D eigenvalue weighted by atomic mass is 9.92. The summed E-state index contributed by atoms with van der Waals surface area (Å²) >= 11 is 0. The molecule has 2 aromatic carbocycles. The number of amides is 2. The molecule has 2 heterocycles. The van der Waals surface area contributed by atoms with Crippen LogP contribution in [0.25, 0.3) is 0 Å². The Morgan fingerprint density at radius 2 is 1.84 bits per heavy atom. The fraction of sp³-hybridized carbons (Fsp3) is 0.462. The highest BCUT2D eigenvalue weighted by atomic mass is 19.4. The quantitative estimate of drug-likeness (QED) is 0.548. The van der Waals surface area contributed by atoms with Gasteiger partial charge in [0, 0.05) is 17.5 Å². The van der Waals surface area contributed by atoms with Crippen LogP contribution in [0.4, 0.5) is 26.3 Å². The molecule has 3 aliphatic rings. The molecule has 0 aromatic heterocycles. The van der Waals surface area contributed by atoms with Crippen LogP contribution in [0.5, 0.6) is 0 Å². The number of ether oxygens (including phenoxy) is 1. The third-order valence-corrected chi connectivity index (χ3v) is 7.16. The predicted octanol–water partition coefficient (Wildman–Crippen LogP) is 4.86. The van der Waals surface area contributed by atoms with Crippen molar-refractivity contribution in [3.63, 3.8) is 0 Å². The van der Waals surface area contributed by atoms with Crippen molar-refractivity contribution in [1.82, 2.24) is 10.2 Å². The summed E-state index contributed by atoms with van der Waals surface area (Å²) in [6, 6.07) is 5.82. The van der Waals surface area contributed by atoms with E-state index in [0.29, 0.717) is 18.9 Å². The van der Waals surface area contributed by atoms with E-state index in [1.165, 1.54) is 24.3 Å². The number of carbonyl (C=O) groups is 2. The van der Waals surface area contributed by atoms with Crippen LogP contribution < -0.4 is 5.32 Å². The van der Waals surface area contributed by atoms with E-state index in [9.17, 15) is 35.9 Å². The highest BCUT2D eigenvalue weighted by Crippen LogP contribution is 2.43. The van der Waals surface area contributed by atoms with E-state index in [4.69, 9.17) is 4.74 Å². The largest absolute Gasteiger partial charge is 0.416 e. The fourth-order valence-corrected chi connectivity index (χ4v) is 4.89. The summed E-state index contributed by atoms with van der Waals surface area (Å²) in [5.41, 5.74) is -2.63. The Morgan fingerprint density at radius 1 is 1.11 bits per heavy atom. The van der Waals surface area contributed by atoms with Gasteiger partial charge in [-0.3, -0.25) is 9.59 Å². The zero-order valence-corrected chi connectivity index (χ0v) is 19.5. The Labute approximate surface area is 208 Å². The monoisotopic (exact) mass is 526 g/mol. The first-order valence-corrected chi connectivity index (χ1v) is 12.0. The maximum Gasteiger partial charge on any atom is 0.416 e. The van der Waals surface area contributed by atoms with Gasteiger partial charge in [-0.05, 0) is 48.6 Å². The number of hydrogen-bond donors (Lipinski definition) is 1. The molecule has 1 saturated carbocycles. The van der Waals surface area contributed by atoms with E-state index in [-0.39, 0.29) is 48.8 Å². The van der Waals surface area contributed by atoms with Crippen LogP contribution in [0.1, 0.15) is 52.4 Å². The molecule has 2 amide bonds. The van der Waals surface area contributed by atoms with E-state index < -0.39 is 53.3 Å². The third-order valence-electron chi connectivity index (χ3n) is 7.16. The average molecular weight is 526 g/mol. The minimum absolute atomic E-state index is 0.0841. The number of carbonyl (C=O) groups excluding carboxylic acids is 2. The molecule has 37 heavy (non-hydrogen) atoms.